The van der Waals surface area contributed by atoms with Crippen molar-refractivity contribution >= 4 is 23.4 Å². The summed E-state index contributed by atoms with van der Waals surface area (Å²) >= 11 is 1.31. The fourth-order valence-corrected chi connectivity index (χ4v) is 4.85. The Balaban J connectivity index is 1.87. The molecule has 6 nitrogen and oxygen atoms in total. The van der Waals surface area contributed by atoms with E-state index in [0.717, 1.165) is 23.3 Å². The summed E-state index contributed by atoms with van der Waals surface area (Å²) in [6.07, 6.45) is 2.76. The van der Waals surface area contributed by atoms with Crippen molar-refractivity contribution in [2.24, 2.45) is 4.99 Å². The van der Waals surface area contributed by atoms with E-state index in [1.807, 2.05) is 60.7 Å². The Morgan fingerprint density at radius 2 is 1.94 bits per heavy atom. The molecule has 1 aliphatic rings. The number of allylic oxidation sites excluding steroid dienone is 1. The van der Waals surface area contributed by atoms with E-state index in [1.165, 1.54) is 11.3 Å². The van der Waals surface area contributed by atoms with E-state index in [1.54, 1.807) is 18.4 Å². The minimum Gasteiger partial charge on any atom is -0.494 e. The summed E-state index contributed by atoms with van der Waals surface area (Å²) in [7, 11) is 0. The highest BCUT2D eigenvalue weighted by Gasteiger charge is 2.33. The van der Waals surface area contributed by atoms with Gasteiger partial charge in [0.15, 0.2) is 4.80 Å². The maximum Gasteiger partial charge on any atom is 0.338 e. The van der Waals surface area contributed by atoms with Gasteiger partial charge >= 0.3 is 5.97 Å². The number of nitrogens with zero attached hydrogens (tertiary/aromatic N) is 2. The highest BCUT2D eigenvalue weighted by molar-refractivity contribution is 7.07. The van der Waals surface area contributed by atoms with Crippen molar-refractivity contribution < 1.29 is 14.3 Å². The second kappa shape index (κ2) is 10.0. The van der Waals surface area contributed by atoms with Crippen LogP contribution in [0.1, 0.15) is 44.4 Å². The van der Waals surface area contributed by atoms with Gasteiger partial charge in [-0.2, -0.15) is 0 Å². The third-order valence-electron chi connectivity index (χ3n) is 5.26. The Kier molecular flexibility index (Phi) is 6.89. The Labute approximate surface area is 196 Å². The molecule has 1 unspecified atom stereocenters. The van der Waals surface area contributed by atoms with E-state index < -0.39 is 12.0 Å². The number of benzene rings is 2. The van der Waals surface area contributed by atoms with Crippen LogP contribution >= 0.6 is 11.3 Å². The molecule has 2 aromatic carbocycles. The summed E-state index contributed by atoms with van der Waals surface area (Å²) in [5.74, 6) is 0.309. The zero-order valence-electron chi connectivity index (χ0n) is 18.9. The first kappa shape index (κ1) is 22.7. The van der Waals surface area contributed by atoms with Crippen LogP contribution < -0.4 is 19.6 Å². The number of esters is 1. The molecule has 1 atom stereocenters. The molecule has 2 heterocycles. The molecule has 170 valence electrons. The third-order valence-corrected chi connectivity index (χ3v) is 6.24. The fraction of sp³-hybridized carbons (Fsp3) is 0.269. The van der Waals surface area contributed by atoms with Crippen LogP contribution in [0.15, 0.2) is 75.7 Å². The van der Waals surface area contributed by atoms with E-state index in [0.29, 0.717) is 27.2 Å². The van der Waals surface area contributed by atoms with Crippen molar-refractivity contribution in [1.82, 2.24) is 4.57 Å². The predicted molar refractivity (Wildman–Crippen MR) is 129 cm³/mol. The van der Waals surface area contributed by atoms with Crippen LogP contribution in [0.2, 0.25) is 0 Å². The molecule has 1 aliphatic heterocycles. The van der Waals surface area contributed by atoms with Crippen molar-refractivity contribution in [2.45, 2.75) is 33.2 Å². The van der Waals surface area contributed by atoms with Crippen LogP contribution in [-0.2, 0) is 9.53 Å². The summed E-state index contributed by atoms with van der Waals surface area (Å²) in [4.78, 5) is 31.6. The average molecular weight is 463 g/mol. The van der Waals surface area contributed by atoms with Crippen molar-refractivity contribution in [3.8, 4) is 5.75 Å². The SMILES string of the molecule is CCCOc1cccc(/C=c2\sc3n(c2=O)C(c2ccccc2)C(C(=O)OCC)=C(C)N=3)c1. The Morgan fingerprint density at radius 3 is 2.67 bits per heavy atom. The molecule has 0 amide bonds. The molecule has 1 aromatic heterocycles. The molecule has 0 radical (unpaired) electrons. The Hall–Kier alpha value is -3.45. The van der Waals surface area contributed by atoms with Gasteiger partial charge in [-0.25, -0.2) is 9.79 Å². The minimum atomic E-state index is -0.595. The number of rotatable bonds is 7. The van der Waals surface area contributed by atoms with Crippen molar-refractivity contribution in [3.05, 3.63) is 96.7 Å². The lowest BCUT2D eigenvalue weighted by atomic mass is 9.96. The molecule has 0 saturated heterocycles. The molecular formula is C26H26N2O4S. The first-order valence-electron chi connectivity index (χ1n) is 11.0. The Bertz CT molecular complexity index is 1370. The highest BCUT2D eigenvalue weighted by atomic mass is 32.1. The smallest absolute Gasteiger partial charge is 0.338 e. The molecule has 0 spiro atoms. The van der Waals surface area contributed by atoms with E-state index >= 15 is 0 Å². The molecule has 0 N–H and O–H groups in total. The second-order valence-corrected chi connectivity index (χ2v) is 8.64. The van der Waals surface area contributed by atoms with Gasteiger partial charge in [-0.1, -0.05) is 60.7 Å². The fourth-order valence-electron chi connectivity index (χ4n) is 3.81. The predicted octanol–water partition coefficient (Wildman–Crippen LogP) is 3.59. The lowest BCUT2D eigenvalue weighted by molar-refractivity contribution is -0.139. The van der Waals surface area contributed by atoms with Gasteiger partial charge in [0.25, 0.3) is 5.56 Å². The molecule has 0 fully saturated rings. The summed E-state index contributed by atoms with van der Waals surface area (Å²) < 4.78 is 13.2. The van der Waals surface area contributed by atoms with Crippen LogP contribution in [0.25, 0.3) is 6.08 Å². The van der Waals surface area contributed by atoms with Gasteiger partial charge < -0.3 is 9.47 Å². The number of carbonyl (C=O) groups excluding carboxylic acids is 1. The number of hydrogen-bond acceptors (Lipinski definition) is 6. The number of ether oxygens (including phenoxy) is 2. The van der Waals surface area contributed by atoms with E-state index in [9.17, 15) is 9.59 Å². The van der Waals surface area contributed by atoms with Crippen LogP contribution in [-0.4, -0.2) is 23.8 Å². The van der Waals surface area contributed by atoms with Crippen molar-refractivity contribution in [2.75, 3.05) is 13.2 Å². The van der Waals surface area contributed by atoms with Crippen LogP contribution in [0, 0.1) is 0 Å². The van der Waals surface area contributed by atoms with Gasteiger partial charge in [-0.15, -0.1) is 0 Å². The molecular weight excluding hydrogens is 436 g/mol. The largest absolute Gasteiger partial charge is 0.494 e. The third kappa shape index (κ3) is 4.68. The zero-order chi connectivity index (χ0) is 23.4. The maximum absolute atomic E-state index is 13.6. The standard InChI is InChI=1S/C26H26N2O4S/c1-4-14-32-20-13-9-10-18(15-20)16-21-24(29)28-23(19-11-7-6-8-12-19)22(25(30)31-5-2)17(3)27-26(28)33-21/h6-13,15-16,23H,4-5,14H2,1-3H3/b21-16-. The Morgan fingerprint density at radius 1 is 1.15 bits per heavy atom. The molecule has 7 heteroatoms. The zero-order valence-corrected chi connectivity index (χ0v) is 19.7. The summed E-state index contributed by atoms with van der Waals surface area (Å²) in [5.41, 5.74) is 2.45. The number of aromatic nitrogens is 1. The summed E-state index contributed by atoms with van der Waals surface area (Å²) in [6, 6.07) is 16.6. The summed E-state index contributed by atoms with van der Waals surface area (Å²) in [6.45, 7) is 6.49. The minimum absolute atomic E-state index is 0.193. The molecule has 0 saturated carbocycles. The number of thiazole rings is 1. The number of carbonyl (C=O) groups is 1. The van der Waals surface area contributed by atoms with E-state index in [2.05, 4.69) is 11.9 Å². The lowest BCUT2D eigenvalue weighted by Crippen LogP contribution is -2.39. The van der Waals surface area contributed by atoms with Gasteiger partial charge in [0.2, 0.25) is 0 Å². The molecule has 33 heavy (non-hydrogen) atoms. The van der Waals surface area contributed by atoms with Gasteiger partial charge in [-0.05, 0) is 49.6 Å². The second-order valence-electron chi connectivity index (χ2n) is 7.63. The normalized spacial score (nSPS) is 15.7. The van der Waals surface area contributed by atoms with Gasteiger partial charge in [0.1, 0.15) is 5.75 Å². The first-order chi connectivity index (χ1) is 16.0. The molecule has 3 aromatic rings. The first-order valence-corrected chi connectivity index (χ1v) is 11.8. The van der Waals surface area contributed by atoms with Crippen LogP contribution in [0.5, 0.6) is 5.75 Å². The van der Waals surface area contributed by atoms with Gasteiger partial charge in [0, 0.05) is 0 Å². The molecule has 0 bridgehead atoms. The lowest BCUT2D eigenvalue weighted by Gasteiger charge is -2.24. The monoisotopic (exact) mass is 462 g/mol. The highest BCUT2D eigenvalue weighted by Crippen LogP contribution is 2.30. The summed E-state index contributed by atoms with van der Waals surface area (Å²) in [5, 5.41) is 0. The molecule has 0 aliphatic carbocycles. The quantitative estimate of drug-likeness (QED) is 0.503. The van der Waals surface area contributed by atoms with Crippen molar-refractivity contribution in [3.63, 3.8) is 0 Å². The van der Waals surface area contributed by atoms with Gasteiger partial charge in [0.05, 0.1) is 35.1 Å². The molecule has 4 rings (SSSR count). The van der Waals surface area contributed by atoms with Gasteiger partial charge in [-0.3, -0.25) is 9.36 Å². The van der Waals surface area contributed by atoms with Crippen LogP contribution in [0.4, 0.5) is 0 Å². The topological polar surface area (TPSA) is 69.9 Å². The van der Waals surface area contributed by atoms with E-state index in [4.69, 9.17) is 9.47 Å². The average Bonchev–Trinajstić information content (AvgIpc) is 3.12. The van der Waals surface area contributed by atoms with Crippen LogP contribution in [0.3, 0.4) is 0 Å². The van der Waals surface area contributed by atoms with E-state index in [-0.39, 0.29) is 12.2 Å². The maximum atomic E-state index is 13.6. The number of hydrogen-bond donors (Lipinski definition) is 0. The van der Waals surface area contributed by atoms with Crippen molar-refractivity contribution in [1.29, 1.82) is 0 Å². The number of fused-ring (bicyclic) bond motifs is 1.